The lowest BCUT2D eigenvalue weighted by molar-refractivity contribution is 0.0701. The monoisotopic (exact) mass is 557 g/mol. The number of hydrogen-bond acceptors (Lipinski definition) is 8. The van der Waals surface area contributed by atoms with E-state index in [2.05, 4.69) is 19.7 Å². The highest BCUT2D eigenvalue weighted by molar-refractivity contribution is 7.09. The van der Waals surface area contributed by atoms with Gasteiger partial charge in [0.25, 0.3) is 17.5 Å². The van der Waals surface area contributed by atoms with Crippen molar-refractivity contribution in [2.45, 2.75) is 50.2 Å². The van der Waals surface area contributed by atoms with Crippen LogP contribution in [0.4, 0.5) is 13.2 Å². The fraction of sp³-hybridized carbons (Fsp3) is 0.478. The van der Waals surface area contributed by atoms with E-state index in [9.17, 15) is 18.0 Å². The molecule has 5 rings (SSSR count). The lowest BCUT2D eigenvalue weighted by atomic mass is 10.0. The maximum atomic E-state index is 14.2. The number of hydrogen-bond donors (Lipinski definition) is 1. The predicted octanol–water partition coefficient (Wildman–Crippen LogP) is 5.62. The first-order chi connectivity index (χ1) is 17.4. The number of nitrogens with zero attached hydrogens (tertiary/aromatic N) is 4. The van der Waals surface area contributed by atoms with Gasteiger partial charge in [0, 0.05) is 37.1 Å². The molecule has 192 valence electrons. The molecule has 1 aliphatic heterocycles. The molecule has 0 bridgehead atoms. The summed E-state index contributed by atoms with van der Waals surface area (Å²) in [6.07, 6.45) is 0.742. The zero-order valence-electron chi connectivity index (χ0n) is 19.0. The number of carbonyl (C=O) groups excluding carboxylic acids is 1. The number of thiazole rings is 1. The van der Waals surface area contributed by atoms with Gasteiger partial charge >= 0.3 is 0 Å². The Labute approximate surface area is 218 Å². The third-order valence-corrected chi connectivity index (χ3v) is 8.21. The number of amides is 1. The van der Waals surface area contributed by atoms with Crippen LogP contribution in [0.3, 0.4) is 0 Å². The third kappa shape index (κ3) is 5.66. The van der Waals surface area contributed by atoms with Gasteiger partial charge in [0.1, 0.15) is 23.4 Å². The van der Waals surface area contributed by atoms with Crippen molar-refractivity contribution in [2.75, 3.05) is 19.6 Å². The first-order valence-corrected chi connectivity index (χ1v) is 13.6. The number of carbonyl (C=O) groups is 1. The Balaban J connectivity index is 1.27. The molecule has 2 aromatic heterocycles. The Hall–Kier alpha value is -2.28. The van der Waals surface area contributed by atoms with Crippen LogP contribution in [-0.4, -0.2) is 50.9 Å². The minimum absolute atomic E-state index is 0.00190. The highest BCUT2D eigenvalue weighted by atomic mass is 35.5. The van der Waals surface area contributed by atoms with Gasteiger partial charge in [-0.25, -0.2) is 18.2 Å². The van der Waals surface area contributed by atoms with Crippen molar-refractivity contribution in [3.63, 3.8) is 0 Å². The Bertz CT molecular complexity index is 1190. The predicted molar refractivity (Wildman–Crippen MR) is 131 cm³/mol. The smallest absolute Gasteiger partial charge is 0.293 e. The lowest BCUT2D eigenvalue weighted by Crippen LogP contribution is -2.44. The van der Waals surface area contributed by atoms with Crippen molar-refractivity contribution in [2.24, 2.45) is 0 Å². The van der Waals surface area contributed by atoms with E-state index in [1.807, 2.05) is 4.90 Å². The zero-order chi connectivity index (χ0) is 25.2. The largest absolute Gasteiger partial charge is 0.466 e. The van der Waals surface area contributed by atoms with E-state index in [0.29, 0.717) is 41.9 Å². The second-order valence-corrected chi connectivity index (χ2v) is 10.8. The molecule has 13 heteroatoms. The third-order valence-electron chi connectivity index (χ3n) is 6.33. The molecule has 3 aromatic rings. The Morgan fingerprint density at radius 2 is 2.03 bits per heavy atom. The van der Waals surface area contributed by atoms with Crippen LogP contribution in [0.15, 0.2) is 23.7 Å². The second-order valence-electron chi connectivity index (χ2n) is 8.77. The molecule has 1 aliphatic carbocycles. The van der Waals surface area contributed by atoms with Crippen LogP contribution in [0.25, 0.3) is 0 Å². The van der Waals surface area contributed by atoms with E-state index < -0.39 is 24.2 Å². The van der Waals surface area contributed by atoms with Crippen molar-refractivity contribution in [1.82, 2.24) is 24.6 Å². The molecule has 1 unspecified atom stereocenters. The SMILES string of the molecule is O=C(NCC(c1scnc1C(F)F)N1CCC(Oc2nc(C3CC3)ns2)CC1)c1c(F)cccc1Cl. The Morgan fingerprint density at radius 3 is 2.72 bits per heavy atom. The average molecular weight is 558 g/mol. The highest BCUT2D eigenvalue weighted by Crippen LogP contribution is 2.40. The molecule has 3 heterocycles. The summed E-state index contributed by atoms with van der Waals surface area (Å²) in [5, 5.41) is 3.22. The van der Waals surface area contributed by atoms with Gasteiger partial charge in [-0.2, -0.15) is 9.36 Å². The van der Waals surface area contributed by atoms with Crippen LogP contribution in [0.2, 0.25) is 5.02 Å². The van der Waals surface area contributed by atoms with Crippen LogP contribution in [0, 0.1) is 5.82 Å². The van der Waals surface area contributed by atoms with E-state index in [4.69, 9.17) is 16.3 Å². The van der Waals surface area contributed by atoms with E-state index in [0.717, 1.165) is 36.1 Å². The van der Waals surface area contributed by atoms with Gasteiger partial charge in [0.2, 0.25) is 0 Å². The Morgan fingerprint density at radius 1 is 1.25 bits per heavy atom. The van der Waals surface area contributed by atoms with E-state index in [1.54, 1.807) is 0 Å². The topological polar surface area (TPSA) is 80.2 Å². The highest BCUT2D eigenvalue weighted by Gasteiger charge is 2.33. The Kier molecular flexibility index (Phi) is 7.75. The molecule has 1 amide bonds. The summed E-state index contributed by atoms with van der Waals surface area (Å²) < 4.78 is 51.9. The van der Waals surface area contributed by atoms with Crippen molar-refractivity contribution in [3.8, 4) is 5.19 Å². The van der Waals surface area contributed by atoms with Crippen molar-refractivity contribution in [3.05, 3.63) is 56.5 Å². The number of likely N-dealkylation sites (tertiary alicyclic amines) is 1. The number of halogens is 4. The molecular weight excluding hydrogens is 535 g/mol. The number of ether oxygens (including phenoxy) is 1. The molecule has 1 N–H and O–H groups in total. The molecule has 1 aromatic carbocycles. The minimum atomic E-state index is -2.75. The summed E-state index contributed by atoms with van der Waals surface area (Å²) in [4.78, 5) is 23.5. The van der Waals surface area contributed by atoms with Crippen molar-refractivity contribution < 1.29 is 22.7 Å². The number of nitrogens with one attached hydrogen (secondary N) is 1. The molecule has 1 saturated heterocycles. The fourth-order valence-electron chi connectivity index (χ4n) is 4.28. The molecule has 2 aliphatic rings. The maximum absolute atomic E-state index is 14.2. The zero-order valence-corrected chi connectivity index (χ0v) is 21.4. The average Bonchev–Trinajstić information content (AvgIpc) is 3.39. The van der Waals surface area contributed by atoms with Crippen molar-refractivity contribution in [1.29, 1.82) is 0 Å². The van der Waals surface area contributed by atoms with Gasteiger partial charge in [-0.05, 0) is 37.8 Å². The number of rotatable bonds is 9. The van der Waals surface area contributed by atoms with Crippen LogP contribution in [0.5, 0.6) is 5.19 Å². The van der Waals surface area contributed by atoms with E-state index in [1.165, 1.54) is 29.2 Å². The summed E-state index contributed by atoms with van der Waals surface area (Å²) in [6, 6.07) is 3.42. The quantitative estimate of drug-likeness (QED) is 0.368. The minimum Gasteiger partial charge on any atom is -0.466 e. The fourth-order valence-corrected chi connectivity index (χ4v) is 6.14. The van der Waals surface area contributed by atoms with Gasteiger partial charge in [-0.1, -0.05) is 17.7 Å². The van der Waals surface area contributed by atoms with Crippen LogP contribution in [0.1, 0.15) is 70.8 Å². The van der Waals surface area contributed by atoms with Crippen LogP contribution in [-0.2, 0) is 0 Å². The van der Waals surface area contributed by atoms with E-state index in [-0.39, 0.29) is 28.9 Å². The molecule has 1 saturated carbocycles. The van der Waals surface area contributed by atoms with Crippen LogP contribution >= 0.6 is 34.5 Å². The van der Waals surface area contributed by atoms with Gasteiger partial charge in [-0.3, -0.25) is 9.69 Å². The van der Waals surface area contributed by atoms with Gasteiger partial charge in [0.15, 0.2) is 0 Å². The maximum Gasteiger partial charge on any atom is 0.293 e. The van der Waals surface area contributed by atoms with Crippen molar-refractivity contribution >= 4 is 40.4 Å². The number of alkyl halides is 2. The second kappa shape index (κ2) is 11.0. The van der Waals surface area contributed by atoms with Gasteiger partial charge < -0.3 is 10.1 Å². The number of piperidine rings is 1. The number of aromatic nitrogens is 3. The number of benzene rings is 1. The van der Waals surface area contributed by atoms with Gasteiger partial charge in [0.05, 0.1) is 27.0 Å². The molecule has 7 nitrogen and oxygen atoms in total. The molecule has 1 atom stereocenters. The summed E-state index contributed by atoms with van der Waals surface area (Å²) in [5.74, 6) is -0.142. The molecule has 2 fully saturated rings. The lowest BCUT2D eigenvalue weighted by Gasteiger charge is -2.37. The summed E-state index contributed by atoms with van der Waals surface area (Å²) in [5.41, 5.74) is 0.802. The molecule has 36 heavy (non-hydrogen) atoms. The van der Waals surface area contributed by atoms with Gasteiger partial charge in [-0.15, -0.1) is 11.3 Å². The normalized spacial score (nSPS) is 17.9. The first-order valence-electron chi connectivity index (χ1n) is 11.6. The summed E-state index contributed by atoms with van der Waals surface area (Å²) in [7, 11) is 0. The molecular formula is C23H23ClF3N5O2S2. The van der Waals surface area contributed by atoms with E-state index >= 15 is 0 Å². The van der Waals surface area contributed by atoms with Crippen LogP contribution < -0.4 is 10.1 Å². The summed E-state index contributed by atoms with van der Waals surface area (Å²) >= 11 is 8.39. The standard InChI is InChI=1S/C23H23ClF3N5O2S2/c24-14-2-1-3-15(25)17(14)22(33)28-10-16(19-18(20(26)27)29-11-35-19)32-8-6-13(7-9-32)34-23-30-21(31-36-23)12-4-5-12/h1-3,11-13,16,20H,4-10H2,(H,28,33). The first kappa shape index (κ1) is 25.4. The summed E-state index contributed by atoms with van der Waals surface area (Å²) in [6.45, 7) is 1.11. The molecule has 0 spiro atoms. The molecule has 0 radical (unpaired) electrons.